The van der Waals surface area contributed by atoms with Crippen molar-refractivity contribution in [1.29, 1.82) is 0 Å². The maximum atomic E-state index is 11.3. The summed E-state index contributed by atoms with van der Waals surface area (Å²) in [7, 11) is 0. The van der Waals surface area contributed by atoms with Crippen molar-refractivity contribution in [3.05, 3.63) is 35.9 Å². The first kappa shape index (κ1) is 15.2. The third-order valence-corrected chi connectivity index (χ3v) is 4.88. The molecule has 1 aromatic carbocycles. The number of azo groups is 1. The Labute approximate surface area is 130 Å². The summed E-state index contributed by atoms with van der Waals surface area (Å²) in [4.78, 5) is 11.3. The fourth-order valence-electron chi connectivity index (χ4n) is 3.55. The van der Waals surface area contributed by atoms with Gasteiger partial charge in [0.2, 0.25) is 0 Å². The molecule has 1 N–H and O–H groups in total. The largest absolute Gasteiger partial charge is 0.480 e. The van der Waals surface area contributed by atoms with E-state index in [0.29, 0.717) is 13.0 Å². The van der Waals surface area contributed by atoms with Crippen molar-refractivity contribution in [3.63, 3.8) is 0 Å². The normalized spacial score (nSPS) is 32.6. The Kier molecular flexibility index (Phi) is 4.00. The third-order valence-electron chi connectivity index (χ3n) is 4.88. The molecule has 2 aliphatic rings. The fourth-order valence-corrected chi connectivity index (χ4v) is 3.55. The number of fused-ring (bicyclic) bond motifs is 1. The highest BCUT2D eigenvalue weighted by atomic mass is 16.5. The van der Waals surface area contributed by atoms with Gasteiger partial charge in [-0.05, 0) is 23.8 Å². The summed E-state index contributed by atoms with van der Waals surface area (Å²) in [5.41, 5.74) is 1.11. The molecule has 1 aliphatic carbocycles. The summed E-state index contributed by atoms with van der Waals surface area (Å²) in [6.45, 7) is 4.89. The first-order chi connectivity index (χ1) is 10.5. The molecule has 0 amide bonds. The molecule has 0 aromatic heterocycles. The number of benzene rings is 1. The Morgan fingerprint density at radius 1 is 1.32 bits per heavy atom. The zero-order chi connectivity index (χ0) is 15.7. The molecule has 4 atom stereocenters. The van der Waals surface area contributed by atoms with Crippen molar-refractivity contribution in [3.8, 4) is 0 Å². The average molecular weight is 302 g/mol. The van der Waals surface area contributed by atoms with Gasteiger partial charge in [-0.25, -0.2) is 4.79 Å². The second-order valence-electron chi connectivity index (χ2n) is 6.96. The number of ether oxygens (including phenoxy) is 1. The Bertz CT molecular complexity index is 571. The van der Waals surface area contributed by atoms with Gasteiger partial charge >= 0.3 is 5.97 Å². The van der Waals surface area contributed by atoms with E-state index in [-0.39, 0.29) is 23.5 Å². The Morgan fingerprint density at radius 3 is 2.73 bits per heavy atom. The molecule has 0 radical (unpaired) electrons. The molecule has 1 aliphatic heterocycles. The average Bonchev–Trinajstić information content (AvgIpc) is 2.87. The quantitative estimate of drug-likeness (QED) is 0.927. The van der Waals surface area contributed by atoms with Crippen LogP contribution in [0.3, 0.4) is 0 Å². The third kappa shape index (κ3) is 2.90. The van der Waals surface area contributed by atoms with Gasteiger partial charge in [0.1, 0.15) is 0 Å². The number of hydrogen-bond donors (Lipinski definition) is 1. The molecular formula is C17H22N2O3. The van der Waals surface area contributed by atoms with Crippen LogP contribution in [-0.2, 0) is 16.1 Å². The van der Waals surface area contributed by atoms with E-state index in [2.05, 4.69) is 24.1 Å². The second kappa shape index (κ2) is 5.80. The molecule has 1 aromatic rings. The Balaban J connectivity index is 1.69. The van der Waals surface area contributed by atoms with Crippen molar-refractivity contribution in [1.82, 2.24) is 0 Å². The topological polar surface area (TPSA) is 71.2 Å². The van der Waals surface area contributed by atoms with Crippen molar-refractivity contribution >= 4 is 5.97 Å². The van der Waals surface area contributed by atoms with Crippen molar-refractivity contribution in [2.75, 3.05) is 0 Å². The summed E-state index contributed by atoms with van der Waals surface area (Å²) in [6, 6.07) is 9.37. The molecule has 3 rings (SSSR count). The van der Waals surface area contributed by atoms with Gasteiger partial charge in [-0.1, -0.05) is 44.2 Å². The van der Waals surface area contributed by atoms with Crippen LogP contribution in [0.4, 0.5) is 0 Å². The molecule has 118 valence electrons. The van der Waals surface area contributed by atoms with Crippen LogP contribution in [0, 0.1) is 11.3 Å². The van der Waals surface area contributed by atoms with E-state index < -0.39 is 12.0 Å². The van der Waals surface area contributed by atoms with Gasteiger partial charge in [-0.2, -0.15) is 10.2 Å². The number of hydrogen-bond acceptors (Lipinski definition) is 4. The van der Waals surface area contributed by atoms with Crippen LogP contribution in [0.1, 0.15) is 32.3 Å². The van der Waals surface area contributed by atoms with E-state index in [1.807, 2.05) is 30.3 Å². The molecule has 1 fully saturated rings. The van der Waals surface area contributed by atoms with Gasteiger partial charge in [-0.3, -0.25) is 0 Å². The number of carboxylic acid groups (broad SMARTS) is 1. The zero-order valence-corrected chi connectivity index (χ0v) is 13.0. The van der Waals surface area contributed by atoms with Gasteiger partial charge in [0.25, 0.3) is 0 Å². The first-order valence-corrected chi connectivity index (χ1v) is 7.76. The Morgan fingerprint density at radius 2 is 2.05 bits per heavy atom. The summed E-state index contributed by atoms with van der Waals surface area (Å²) in [5.74, 6) is -0.913. The van der Waals surface area contributed by atoms with E-state index in [1.54, 1.807) is 0 Å². The molecule has 1 saturated carbocycles. The minimum atomic E-state index is -0.877. The van der Waals surface area contributed by atoms with Crippen LogP contribution in [0.5, 0.6) is 0 Å². The molecule has 0 bridgehead atoms. The molecular weight excluding hydrogens is 280 g/mol. The number of rotatable bonds is 4. The molecule has 22 heavy (non-hydrogen) atoms. The van der Waals surface area contributed by atoms with Crippen LogP contribution >= 0.6 is 0 Å². The second-order valence-corrected chi connectivity index (χ2v) is 6.96. The number of carbonyl (C=O) groups is 1. The molecule has 4 unspecified atom stereocenters. The zero-order valence-electron chi connectivity index (χ0n) is 13.0. The summed E-state index contributed by atoms with van der Waals surface area (Å²) in [5, 5.41) is 17.4. The summed E-state index contributed by atoms with van der Waals surface area (Å²) < 4.78 is 6.14. The van der Waals surface area contributed by atoms with Gasteiger partial charge in [0, 0.05) is 5.92 Å². The predicted molar refractivity (Wildman–Crippen MR) is 81.6 cm³/mol. The van der Waals surface area contributed by atoms with Crippen LogP contribution in [0.25, 0.3) is 0 Å². The molecule has 5 heteroatoms. The highest BCUT2D eigenvalue weighted by Crippen LogP contribution is 2.46. The monoisotopic (exact) mass is 302 g/mol. The number of nitrogens with zero attached hydrogens (tertiary/aromatic N) is 2. The predicted octanol–water partition coefficient (Wildman–Crippen LogP) is 3.30. The standard InChI is InChI=1S/C17H22N2O3/c1-17(2)9-13-12(15(16(20)21)19-18-13)8-14(17)22-10-11-6-4-3-5-7-11/h3-7,12-15H,8-10H2,1-2H3,(H,20,21). The lowest BCUT2D eigenvalue weighted by Crippen LogP contribution is -2.47. The molecule has 1 heterocycles. The van der Waals surface area contributed by atoms with Crippen LogP contribution in [0.2, 0.25) is 0 Å². The first-order valence-electron chi connectivity index (χ1n) is 7.76. The minimum Gasteiger partial charge on any atom is -0.480 e. The molecule has 0 saturated heterocycles. The minimum absolute atomic E-state index is 0.0210. The maximum absolute atomic E-state index is 11.3. The molecule has 0 spiro atoms. The van der Waals surface area contributed by atoms with E-state index in [0.717, 1.165) is 12.0 Å². The van der Waals surface area contributed by atoms with Gasteiger partial charge in [0.05, 0.1) is 18.8 Å². The van der Waals surface area contributed by atoms with Crippen molar-refractivity contribution in [2.24, 2.45) is 21.6 Å². The number of carboxylic acids is 1. The van der Waals surface area contributed by atoms with E-state index in [9.17, 15) is 9.90 Å². The lowest BCUT2D eigenvalue weighted by molar-refractivity contribution is -0.141. The SMILES string of the molecule is CC1(C)CC2N=NC(C(=O)O)C2CC1OCc1ccccc1. The van der Waals surface area contributed by atoms with E-state index in [4.69, 9.17) is 4.74 Å². The van der Waals surface area contributed by atoms with Gasteiger partial charge in [-0.15, -0.1) is 0 Å². The van der Waals surface area contributed by atoms with Crippen LogP contribution in [-0.4, -0.2) is 29.3 Å². The fraction of sp³-hybridized carbons (Fsp3) is 0.588. The summed E-state index contributed by atoms with van der Waals surface area (Å²) >= 11 is 0. The molecule has 5 nitrogen and oxygen atoms in total. The van der Waals surface area contributed by atoms with Gasteiger partial charge < -0.3 is 9.84 Å². The van der Waals surface area contributed by atoms with E-state index >= 15 is 0 Å². The van der Waals surface area contributed by atoms with E-state index in [1.165, 1.54) is 0 Å². The van der Waals surface area contributed by atoms with Gasteiger partial charge in [0.15, 0.2) is 6.04 Å². The lowest BCUT2D eigenvalue weighted by Gasteiger charge is -2.43. The van der Waals surface area contributed by atoms with Crippen molar-refractivity contribution in [2.45, 2.75) is 51.5 Å². The van der Waals surface area contributed by atoms with Crippen LogP contribution in [0.15, 0.2) is 40.6 Å². The van der Waals surface area contributed by atoms with Crippen LogP contribution < -0.4 is 0 Å². The summed E-state index contributed by atoms with van der Waals surface area (Å²) in [6.07, 6.45) is 1.55. The smallest absolute Gasteiger partial charge is 0.330 e. The maximum Gasteiger partial charge on any atom is 0.330 e. The highest BCUT2D eigenvalue weighted by Gasteiger charge is 2.50. The van der Waals surface area contributed by atoms with Crippen molar-refractivity contribution < 1.29 is 14.6 Å². The lowest BCUT2D eigenvalue weighted by atomic mass is 9.67. The Hall–Kier alpha value is -1.75. The highest BCUT2D eigenvalue weighted by molar-refractivity contribution is 5.74. The number of aliphatic carboxylic acids is 1.